The summed E-state index contributed by atoms with van der Waals surface area (Å²) in [5, 5.41) is 7.20. The van der Waals surface area contributed by atoms with E-state index in [1.54, 1.807) is 66.0 Å². The molecule has 0 atom stereocenters. The molecule has 10 heteroatoms. The molecular formula is C24H21N3O5S2. The number of rotatable bonds is 8. The van der Waals surface area contributed by atoms with Crippen LogP contribution in [0.1, 0.15) is 26.5 Å². The first kappa shape index (κ1) is 23.3. The summed E-state index contributed by atoms with van der Waals surface area (Å²) in [6.07, 6.45) is 1.52. The van der Waals surface area contributed by atoms with Crippen LogP contribution in [0.3, 0.4) is 0 Å². The second-order valence-electron chi connectivity index (χ2n) is 7.21. The minimum atomic E-state index is -3.67. The van der Waals surface area contributed by atoms with Crippen LogP contribution in [0.5, 0.6) is 0 Å². The normalized spacial score (nSPS) is 11.1. The third-order valence-electron chi connectivity index (χ3n) is 5.03. The van der Waals surface area contributed by atoms with Gasteiger partial charge in [-0.05, 0) is 60.0 Å². The molecule has 2 aromatic carbocycles. The fraction of sp³-hybridized carbons (Fsp3) is 0.0833. The van der Waals surface area contributed by atoms with Gasteiger partial charge in [0, 0.05) is 12.6 Å². The summed E-state index contributed by atoms with van der Waals surface area (Å²) in [7, 11) is -2.21. The van der Waals surface area contributed by atoms with Crippen LogP contribution in [-0.4, -0.2) is 27.3 Å². The third-order valence-corrected chi connectivity index (χ3v) is 8.18. The highest BCUT2D eigenvalue weighted by atomic mass is 32.2. The van der Waals surface area contributed by atoms with Crippen molar-refractivity contribution in [2.75, 3.05) is 16.7 Å². The van der Waals surface area contributed by atoms with Crippen molar-refractivity contribution in [1.82, 2.24) is 5.32 Å². The Morgan fingerprint density at radius 3 is 2.38 bits per heavy atom. The van der Waals surface area contributed by atoms with Gasteiger partial charge in [-0.3, -0.25) is 13.9 Å². The Morgan fingerprint density at radius 1 is 0.941 bits per heavy atom. The predicted molar refractivity (Wildman–Crippen MR) is 131 cm³/mol. The minimum Gasteiger partial charge on any atom is -0.467 e. The lowest BCUT2D eigenvalue weighted by atomic mass is 10.1. The second kappa shape index (κ2) is 9.94. The summed E-state index contributed by atoms with van der Waals surface area (Å²) in [5.41, 5.74) is 1.39. The molecule has 2 heterocycles. The molecule has 0 fully saturated rings. The van der Waals surface area contributed by atoms with E-state index in [-0.39, 0.29) is 16.7 Å². The number of nitrogens with one attached hydrogen (secondary N) is 2. The van der Waals surface area contributed by atoms with Crippen molar-refractivity contribution in [2.24, 2.45) is 0 Å². The molecule has 8 nitrogen and oxygen atoms in total. The van der Waals surface area contributed by atoms with Crippen molar-refractivity contribution in [2.45, 2.75) is 10.8 Å². The van der Waals surface area contributed by atoms with Crippen molar-refractivity contribution in [3.05, 3.63) is 101 Å². The molecule has 0 aliphatic rings. The maximum absolute atomic E-state index is 12.8. The number of hydrogen-bond acceptors (Lipinski definition) is 6. The Morgan fingerprint density at radius 2 is 1.71 bits per heavy atom. The molecule has 2 amide bonds. The van der Waals surface area contributed by atoms with Gasteiger partial charge in [-0.15, -0.1) is 11.3 Å². The molecule has 0 saturated heterocycles. The van der Waals surface area contributed by atoms with Crippen LogP contribution < -0.4 is 14.9 Å². The van der Waals surface area contributed by atoms with Crippen LogP contribution in [0.4, 0.5) is 11.4 Å². The van der Waals surface area contributed by atoms with Crippen molar-refractivity contribution < 1.29 is 22.4 Å². The highest BCUT2D eigenvalue weighted by molar-refractivity contribution is 7.94. The number of para-hydroxylation sites is 1. The lowest BCUT2D eigenvalue weighted by Gasteiger charge is -2.18. The second-order valence-corrected chi connectivity index (χ2v) is 10.4. The van der Waals surface area contributed by atoms with Gasteiger partial charge in [0.2, 0.25) is 0 Å². The molecule has 4 rings (SSSR count). The highest BCUT2D eigenvalue weighted by Crippen LogP contribution is 2.25. The van der Waals surface area contributed by atoms with Crippen LogP contribution in [0.15, 0.2) is 93.1 Å². The lowest BCUT2D eigenvalue weighted by Crippen LogP contribution is -2.26. The molecule has 4 aromatic rings. The number of thiophene rings is 1. The topological polar surface area (TPSA) is 109 Å². The van der Waals surface area contributed by atoms with Gasteiger partial charge in [-0.25, -0.2) is 8.42 Å². The van der Waals surface area contributed by atoms with E-state index >= 15 is 0 Å². The maximum atomic E-state index is 12.8. The molecule has 0 unspecified atom stereocenters. The maximum Gasteiger partial charge on any atom is 0.273 e. The van der Waals surface area contributed by atoms with Gasteiger partial charge in [0.15, 0.2) is 0 Å². The SMILES string of the molecule is CN(c1ccc(C(=O)Nc2ccccc2C(=O)NCc2ccco2)cc1)S(=O)(=O)c1cccs1. The van der Waals surface area contributed by atoms with Crippen molar-refractivity contribution in [1.29, 1.82) is 0 Å². The van der Waals surface area contributed by atoms with E-state index in [1.807, 2.05) is 0 Å². The Kier molecular flexibility index (Phi) is 6.80. The van der Waals surface area contributed by atoms with Crippen molar-refractivity contribution >= 4 is 44.5 Å². The highest BCUT2D eigenvalue weighted by Gasteiger charge is 2.22. The molecule has 0 aliphatic heterocycles. The minimum absolute atomic E-state index is 0.220. The zero-order chi connectivity index (χ0) is 24.1. The molecule has 2 aromatic heterocycles. The van der Waals surface area contributed by atoms with Crippen molar-refractivity contribution in [3.8, 4) is 0 Å². The zero-order valence-corrected chi connectivity index (χ0v) is 19.7. The first-order valence-electron chi connectivity index (χ1n) is 10.2. The number of furan rings is 1. The molecule has 0 saturated carbocycles. The summed E-state index contributed by atoms with van der Waals surface area (Å²) >= 11 is 1.14. The number of benzene rings is 2. The van der Waals surface area contributed by atoms with E-state index in [4.69, 9.17) is 4.42 Å². The van der Waals surface area contributed by atoms with E-state index in [2.05, 4.69) is 10.6 Å². The Hall–Kier alpha value is -3.89. The van der Waals surface area contributed by atoms with Crippen LogP contribution in [0.25, 0.3) is 0 Å². The fourth-order valence-electron chi connectivity index (χ4n) is 3.17. The quantitative estimate of drug-likeness (QED) is 0.378. The number of carbonyl (C=O) groups excluding carboxylic acids is 2. The fourth-order valence-corrected chi connectivity index (χ4v) is 5.52. The van der Waals surface area contributed by atoms with Crippen molar-refractivity contribution in [3.63, 3.8) is 0 Å². The number of carbonyl (C=O) groups is 2. The zero-order valence-electron chi connectivity index (χ0n) is 18.1. The third kappa shape index (κ3) is 5.03. The van der Waals surface area contributed by atoms with Gasteiger partial charge in [0.05, 0.1) is 29.7 Å². The smallest absolute Gasteiger partial charge is 0.273 e. The summed E-state index contributed by atoms with van der Waals surface area (Å²) in [4.78, 5) is 25.4. The molecule has 0 radical (unpaired) electrons. The summed E-state index contributed by atoms with van der Waals surface area (Å²) in [5.74, 6) is -0.175. The van der Waals surface area contributed by atoms with E-state index in [9.17, 15) is 18.0 Å². The number of amides is 2. The molecule has 0 aliphatic carbocycles. The number of nitrogens with zero attached hydrogens (tertiary/aromatic N) is 1. The summed E-state index contributed by atoms with van der Waals surface area (Å²) < 4.78 is 32.0. The average molecular weight is 496 g/mol. The molecular weight excluding hydrogens is 474 g/mol. The van der Waals surface area contributed by atoms with Gasteiger partial charge in [0.1, 0.15) is 9.97 Å². The lowest BCUT2D eigenvalue weighted by molar-refractivity contribution is 0.0949. The van der Waals surface area contributed by atoms with E-state index in [1.165, 1.54) is 29.7 Å². The first-order chi connectivity index (χ1) is 16.4. The summed E-state index contributed by atoms with van der Waals surface area (Å²) in [6, 6.07) is 19.5. The van der Waals surface area contributed by atoms with Gasteiger partial charge >= 0.3 is 0 Å². The molecule has 2 N–H and O–H groups in total. The van der Waals surface area contributed by atoms with Crippen LogP contribution >= 0.6 is 11.3 Å². The number of hydrogen-bond donors (Lipinski definition) is 2. The first-order valence-corrected chi connectivity index (χ1v) is 12.5. The van der Waals surface area contributed by atoms with Crippen LogP contribution in [-0.2, 0) is 16.6 Å². The summed E-state index contributed by atoms with van der Waals surface area (Å²) in [6.45, 7) is 0.220. The van der Waals surface area contributed by atoms with E-state index < -0.39 is 15.9 Å². The molecule has 174 valence electrons. The van der Waals surface area contributed by atoms with Gasteiger partial charge < -0.3 is 15.1 Å². The standard InChI is InChI=1S/C24H21N3O5S2/c1-27(34(30,31)22-9-5-15-33-22)18-12-10-17(11-13-18)23(28)26-21-8-3-2-7-20(21)24(29)25-16-19-6-4-14-32-19/h2-15H,16H2,1H3,(H,25,29)(H,26,28). The number of sulfonamides is 1. The number of anilines is 2. The molecule has 0 bridgehead atoms. The molecule has 34 heavy (non-hydrogen) atoms. The van der Waals surface area contributed by atoms with Gasteiger partial charge in [-0.1, -0.05) is 18.2 Å². The van der Waals surface area contributed by atoms with Crippen LogP contribution in [0, 0.1) is 0 Å². The Labute approximate surface area is 200 Å². The molecule has 0 spiro atoms. The van der Waals surface area contributed by atoms with Crippen LogP contribution in [0.2, 0.25) is 0 Å². The Balaban J connectivity index is 1.46. The average Bonchev–Trinajstić information content (AvgIpc) is 3.57. The predicted octanol–water partition coefficient (Wildman–Crippen LogP) is 4.35. The monoisotopic (exact) mass is 495 g/mol. The van der Waals surface area contributed by atoms with Gasteiger partial charge in [-0.2, -0.15) is 0 Å². The van der Waals surface area contributed by atoms with Gasteiger partial charge in [0.25, 0.3) is 21.8 Å². The van der Waals surface area contributed by atoms with E-state index in [0.717, 1.165) is 11.3 Å². The van der Waals surface area contributed by atoms with E-state index in [0.29, 0.717) is 28.3 Å². The Bertz CT molecular complexity index is 1380. The largest absolute Gasteiger partial charge is 0.467 e.